The Bertz CT molecular complexity index is 593. The smallest absolute Gasteiger partial charge is 0.262 e. The predicted molar refractivity (Wildman–Crippen MR) is 81.1 cm³/mol. The van der Waals surface area contributed by atoms with Crippen molar-refractivity contribution >= 4 is 11.6 Å². The van der Waals surface area contributed by atoms with E-state index >= 15 is 0 Å². The van der Waals surface area contributed by atoms with Gasteiger partial charge < -0.3 is 10.1 Å². The number of ether oxygens (including phenoxy) is 1. The highest BCUT2D eigenvalue weighted by molar-refractivity contribution is 5.92. The average Bonchev–Trinajstić information content (AvgIpc) is 2.48. The van der Waals surface area contributed by atoms with E-state index in [-0.39, 0.29) is 12.5 Å². The third kappa shape index (κ3) is 3.60. The molecule has 0 radical (unpaired) electrons. The summed E-state index contributed by atoms with van der Waals surface area (Å²) in [6.45, 7) is 4.05. The van der Waals surface area contributed by atoms with Crippen LogP contribution >= 0.6 is 0 Å². The molecular weight excluding hydrogens is 250 g/mol. The first-order valence-corrected chi connectivity index (χ1v) is 6.77. The number of benzene rings is 2. The van der Waals surface area contributed by atoms with Crippen LogP contribution in [0.1, 0.15) is 18.1 Å². The summed E-state index contributed by atoms with van der Waals surface area (Å²) in [7, 11) is 0. The summed E-state index contributed by atoms with van der Waals surface area (Å²) in [4.78, 5) is 11.9. The van der Waals surface area contributed by atoms with Gasteiger partial charge in [0.1, 0.15) is 5.75 Å². The van der Waals surface area contributed by atoms with Crippen LogP contribution in [0.2, 0.25) is 0 Å². The lowest BCUT2D eigenvalue weighted by molar-refractivity contribution is -0.118. The van der Waals surface area contributed by atoms with Gasteiger partial charge in [0.05, 0.1) is 0 Å². The molecule has 2 rings (SSSR count). The van der Waals surface area contributed by atoms with Gasteiger partial charge in [-0.2, -0.15) is 0 Å². The second kappa shape index (κ2) is 6.75. The molecule has 0 unspecified atom stereocenters. The molecule has 0 atom stereocenters. The number of rotatable bonds is 5. The maximum absolute atomic E-state index is 11.9. The van der Waals surface area contributed by atoms with Crippen LogP contribution in [-0.4, -0.2) is 12.5 Å². The zero-order chi connectivity index (χ0) is 14.4. The maximum Gasteiger partial charge on any atom is 0.262 e. The normalized spacial score (nSPS) is 10.1. The summed E-state index contributed by atoms with van der Waals surface area (Å²) >= 11 is 0. The van der Waals surface area contributed by atoms with Crippen LogP contribution in [0.25, 0.3) is 0 Å². The molecule has 0 saturated carbocycles. The SMILES string of the molecule is CCc1ccccc1OCC(=O)Nc1ccccc1C. The summed E-state index contributed by atoms with van der Waals surface area (Å²) in [5, 5.41) is 2.85. The van der Waals surface area contributed by atoms with Crippen LogP contribution in [0.4, 0.5) is 5.69 Å². The van der Waals surface area contributed by atoms with Crippen LogP contribution in [0.15, 0.2) is 48.5 Å². The number of anilines is 1. The lowest BCUT2D eigenvalue weighted by Crippen LogP contribution is -2.20. The minimum Gasteiger partial charge on any atom is -0.483 e. The lowest BCUT2D eigenvalue weighted by atomic mass is 10.1. The van der Waals surface area contributed by atoms with E-state index in [1.54, 1.807) is 0 Å². The Balaban J connectivity index is 1.94. The average molecular weight is 269 g/mol. The molecule has 0 bridgehead atoms. The molecule has 0 spiro atoms. The van der Waals surface area contributed by atoms with Gasteiger partial charge in [0.15, 0.2) is 6.61 Å². The number of carbonyl (C=O) groups is 1. The third-order valence-corrected chi connectivity index (χ3v) is 3.13. The monoisotopic (exact) mass is 269 g/mol. The molecule has 1 N–H and O–H groups in total. The highest BCUT2D eigenvalue weighted by Gasteiger charge is 2.07. The number of carbonyl (C=O) groups excluding carboxylic acids is 1. The Hall–Kier alpha value is -2.29. The standard InChI is InChI=1S/C17H19NO2/c1-3-14-9-5-7-11-16(14)20-12-17(19)18-15-10-6-4-8-13(15)2/h4-11H,3,12H2,1-2H3,(H,18,19). The maximum atomic E-state index is 11.9. The molecule has 0 aromatic heterocycles. The van der Waals surface area contributed by atoms with E-state index in [9.17, 15) is 4.79 Å². The van der Waals surface area contributed by atoms with Crippen molar-refractivity contribution in [2.45, 2.75) is 20.3 Å². The van der Waals surface area contributed by atoms with Gasteiger partial charge in [-0.15, -0.1) is 0 Å². The number of amides is 1. The summed E-state index contributed by atoms with van der Waals surface area (Å²) in [5.74, 6) is 0.625. The molecule has 3 nitrogen and oxygen atoms in total. The van der Waals surface area contributed by atoms with Crippen molar-refractivity contribution in [3.63, 3.8) is 0 Å². The molecule has 3 heteroatoms. The van der Waals surface area contributed by atoms with E-state index in [0.717, 1.165) is 29.0 Å². The van der Waals surface area contributed by atoms with Crippen molar-refractivity contribution in [2.75, 3.05) is 11.9 Å². The predicted octanol–water partition coefficient (Wildman–Crippen LogP) is 3.57. The highest BCUT2D eigenvalue weighted by atomic mass is 16.5. The Morgan fingerprint density at radius 3 is 2.55 bits per heavy atom. The molecular formula is C17H19NO2. The van der Waals surface area contributed by atoms with Gasteiger partial charge in [-0.25, -0.2) is 0 Å². The molecule has 104 valence electrons. The molecule has 2 aromatic rings. The summed E-state index contributed by atoms with van der Waals surface area (Å²) in [5.41, 5.74) is 2.97. The molecule has 0 saturated heterocycles. The summed E-state index contributed by atoms with van der Waals surface area (Å²) in [6, 6.07) is 15.5. The van der Waals surface area contributed by atoms with Crippen molar-refractivity contribution in [3.05, 3.63) is 59.7 Å². The number of aryl methyl sites for hydroxylation is 2. The van der Waals surface area contributed by atoms with Crippen LogP contribution in [-0.2, 0) is 11.2 Å². The second-order valence-corrected chi connectivity index (χ2v) is 4.61. The molecule has 20 heavy (non-hydrogen) atoms. The van der Waals surface area contributed by atoms with E-state index in [1.165, 1.54) is 0 Å². The van der Waals surface area contributed by atoms with E-state index in [4.69, 9.17) is 4.74 Å². The Kier molecular flexibility index (Phi) is 4.77. The minimum absolute atomic E-state index is 0.0192. The molecule has 0 aliphatic rings. The van der Waals surface area contributed by atoms with Gasteiger partial charge in [0, 0.05) is 5.69 Å². The first-order valence-electron chi connectivity index (χ1n) is 6.77. The minimum atomic E-state index is -0.148. The zero-order valence-electron chi connectivity index (χ0n) is 11.8. The number of hydrogen-bond acceptors (Lipinski definition) is 2. The van der Waals surface area contributed by atoms with E-state index in [0.29, 0.717) is 0 Å². The zero-order valence-corrected chi connectivity index (χ0v) is 11.8. The van der Waals surface area contributed by atoms with E-state index < -0.39 is 0 Å². The van der Waals surface area contributed by atoms with Gasteiger partial charge in [0.25, 0.3) is 5.91 Å². The van der Waals surface area contributed by atoms with E-state index in [1.807, 2.05) is 55.5 Å². The number of para-hydroxylation sites is 2. The molecule has 0 fully saturated rings. The Labute approximate surface area is 119 Å². The lowest BCUT2D eigenvalue weighted by Gasteiger charge is -2.11. The van der Waals surface area contributed by atoms with Gasteiger partial charge in [-0.05, 0) is 36.6 Å². The third-order valence-electron chi connectivity index (χ3n) is 3.13. The van der Waals surface area contributed by atoms with Gasteiger partial charge >= 0.3 is 0 Å². The number of hydrogen-bond donors (Lipinski definition) is 1. The molecule has 0 aliphatic heterocycles. The highest BCUT2D eigenvalue weighted by Crippen LogP contribution is 2.18. The largest absolute Gasteiger partial charge is 0.483 e. The molecule has 2 aromatic carbocycles. The summed E-state index contributed by atoms with van der Waals surface area (Å²) < 4.78 is 5.59. The van der Waals surface area contributed by atoms with Crippen LogP contribution in [0.3, 0.4) is 0 Å². The van der Waals surface area contributed by atoms with Crippen molar-refractivity contribution in [1.29, 1.82) is 0 Å². The van der Waals surface area contributed by atoms with Gasteiger partial charge in [-0.3, -0.25) is 4.79 Å². The Morgan fingerprint density at radius 2 is 1.80 bits per heavy atom. The fourth-order valence-corrected chi connectivity index (χ4v) is 1.98. The first-order chi connectivity index (χ1) is 9.70. The van der Waals surface area contributed by atoms with Crippen LogP contribution in [0, 0.1) is 6.92 Å². The van der Waals surface area contributed by atoms with Crippen LogP contribution < -0.4 is 10.1 Å². The van der Waals surface area contributed by atoms with Crippen molar-refractivity contribution in [3.8, 4) is 5.75 Å². The van der Waals surface area contributed by atoms with Gasteiger partial charge in [0.2, 0.25) is 0 Å². The topological polar surface area (TPSA) is 38.3 Å². The van der Waals surface area contributed by atoms with Crippen LogP contribution in [0.5, 0.6) is 5.75 Å². The molecule has 0 heterocycles. The quantitative estimate of drug-likeness (QED) is 0.901. The van der Waals surface area contributed by atoms with Crippen molar-refractivity contribution < 1.29 is 9.53 Å². The summed E-state index contributed by atoms with van der Waals surface area (Å²) in [6.07, 6.45) is 0.885. The molecule has 0 aliphatic carbocycles. The first kappa shape index (κ1) is 14.1. The number of nitrogens with one attached hydrogen (secondary N) is 1. The Morgan fingerprint density at radius 1 is 1.10 bits per heavy atom. The van der Waals surface area contributed by atoms with E-state index in [2.05, 4.69) is 12.2 Å². The van der Waals surface area contributed by atoms with Crippen molar-refractivity contribution in [1.82, 2.24) is 0 Å². The second-order valence-electron chi connectivity index (χ2n) is 4.61. The fraction of sp³-hybridized carbons (Fsp3) is 0.235. The fourth-order valence-electron chi connectivity index (χ4n) is 1.98. The van der Waals surface area contributed by atoms with Gasteiger partial charge in [-0.1, -0.05) is 43.3 Å². The molecule has 1 amide bonds. The van der Waals surface area contributed by atoms with Crippen molar-refractivity contribution in [2.24, 2.45) is 0 Å².